The SMILES string of the molecule is CC(C)(C)c1cccc(N2c3cc(C(C)(C)C)ccc3B3c4cc5c(cc4N(c4ccc6c(c4)C(C)(C)CC6(C)C)c4cc(N(c6ccccc6)c6ccccc6)cc2c43)C(C)(C)CC5(C)C)c1. The maximum absolute atomic E-state index is 2.68. The second-order valence-electron chi connectivity index (χ2n) is 25.4. The largest absolute Gasteiger partial charge is 0.311 e. The fourth-order valence-corrected chi connectivity index (χ4v) is 13.4. The molecule has 0 amide bonds. The molecular weight excluding hydrogens is 822 g/mol. The number of para-hydroxylation sites is 2. The number of rotatable bonds is 5. The van der Waals surface area contributed by atoms with Crippen molar-refractivity contribution >= 4 is 74.3 Å². The van der Waals surface area contributed by atoms with E-state index in [2.05, 4.69) is 257 Å². The van der Waals surface area contributed by atoms with Crippen molar-refractivity contribution in [2.24, 2.45) is 0 Å². The molecule has 2 heterocycles. The summed E-state index contributed by atoms with van der Waals surface area (Å²) in [5.41, 5.74) is 23.6. The van der Waals surface area contributed by atoms with Crippen LogP contribution in [0.4, 0.5) is 51.2 Å². The maximum atomic E-state index is 2.68. The van der Waals surface area contributed by atoms with Gasteiger partial charge < -0.3 is 14.7 Å². The predicted octanol–water partition coefficient (Wildman–Crippen LogP) is 15.8. The van der Waals surface area contributed by atoms with Crippen LogP contribution in [0.1, 0.15) is 143 Å². The van der Waals surface area contributed by atoms with Crippen LogP contribution in [-0.4, -0.2) is 6.71 Å². The smallest absolute Gasteiger partial charge is 0.252 e. The van der Waals surface area contributed by atoms with E-state index >= 15 is 0 Å². The molecule has 0 fully saturated rings. The van der Waals surface area contributed by atoms with Gasteiger partial charge in [0.1, 0.15) is 0 Å². The summed E-state index contributed by atoms with van der Waals surface area (Å²) in [7, 11) is 0. The Bertz CT molecular complexity index is 3120. The molecule has 0 bridgehead atoms. The van der Waals surface area contributed by atoms with Crippen molar-refractivity contribution in [1.82, 2.24) is 0 Å². The summed E-state index contributed by atoms with van der Waals surface area (Å²) in [6.07, 6.45) is 2.23. The van der Waals surface area contributed by atoms with Gasteiger partial charge in [0.25, 0.3) is 6.71 Å². The fourth-order valence-electron chi connectivity index (χ4n) is 13.4. The molecule has 0 saturated heterocycles. The molecule has 7 aromatic rings. The third kappa shape index (κ3) is 6.90. The minimum absolute atomic E-state index is 0.00267. The molecule has 0 saturated carbocycles. The van der Waals surface area contributed by atoms with Crippen LogP contribution in [-0.2, 0) is 32.5 Å². The van der Waals surface area contributed by atoms with Crippen LogP contribution in [0, 0.1) is 0 Å². The third-order valence-electron chi connectivity index (χ3n) is 16.3. The Balaban J connectivity index is 1.31. The lowest BCUT2D eigenvalue weighted by atomic mass is 9.33. The molecule has 4 aliphatic rings. The van der Waals surface area contributed by atoms with E-state index in [1.807, 2.05) is 0 Å². The van der Waals surface area contributed by atoms with Gasteiger partial charge in [-0.25, -0.2) is 0 Å². The first-order valence-electron chi connectivity index (χ1n) is 25.2. The van der Waals surface area contributed by atoms with E-state index in [0.717, 1.165) is 29.9 Å². The average molecular weight is 892 g/mol. The number of benzene rings is 7. The molecule has 11 rings (SSSR count). The number of hydrogen-bond donors (Lipinski definition) is 0. The van der Waals surface area contributed by atoms with Crippen molar-refractivity contribution in [2.45, 2.75) is 142 Å². The summed E-state index contributed by atoms with van der Waals surface area (Å²) in [6, 6.07) is 56.5. The standard InChI is InChI=1S/C64H70BN3/c1-59(2,3)41-22-21-27-45(32-41)67-54-33-42(60(4,5)6)28-31-52(54)65-53-37-50-51(64(13,14)40-63(50,11)12)38-55(53)68(46-29-30-48-49(34-46)62(9,10)39-61(48,7)8)57-36-47(35-56(67)58(57)65)66(43-23-17-15-18-24-43)44-25-19-16-20-26-44/h15-38H,39-40H2,1-14H3. The molecule has 0 aromatic heterocycles. The molecule has 0 radical (unpaired) electrons. The summed E-state index contributed by atoms with van der Waals surface area (Å²) in [5.74, 6) is 0. The quantitative estimate of drug-likeness (QED) is 0.159. The monoisotopic (exact) mass is 892 g/mol. The Morgan fingerprint density at radius 1 is 0.397 bits per heavy atom. The lowest BCUT2D eigenvalue weighted by Crippen LogP contribution is -2.61. The van der Waals surface area contributed by atoms with Gasteiger partial charge in [-0.3, -0.25) is 0 Å². The Morgan fingerprint density at radius 2 is 0.882 bits per heavy atom. The molecule has 4 heteroatoms. The molecule has 0 unspecified atom stereocenters. The Labute approximate surface area is 408 Å². The number of anilines is 9. The van der Waals surface area contributed by atoms with Crippen molar-refractivity contribution in [3.8, 4) is 0 Å². The Morgan fingerprint density at radius 3 is 1.44 bits per heavy atom. The van der Waals surface area contributed by atoms with Crippen LogP contribution in [0.15, 0.2) is 146 Å². The van der Waals surface area contributed by atoms with Crippen LogP contribution < -0.4 is 31.1 Å². The van der Waals surface area contributed by atoms with Gasteiger partial charge in [-0.2, -0.15) is 0 Å². The second-order valence-corrected chi connectivity index (χ2v) is 25.4. The first kappa shape index (κ1) is 44.5. The van der Waals surface area contributed by atoms with Gasteiger partial charge in [0.2, 0.25) is 0 Å². The molecule has 0 N–H and O–H groups in total. The minimum atomic E-state index is -0.0493. The maximum Gasteiger partial charge on any atom is 0.252 e. The van der Waals surface area contributed by atoms with Gasteiger partial charge in [0, 0.05) is 45.5 Å². The average Bonchev–Trinajstić information content (AvgIpc) is 3.59. The van der Waals surface area contributed by atoms with E-state index in [1.165, 1.54) is 83.9 Å². The molecule has 3 nitrogen and oxygen atoms in total. The van der Waals surface area contributed by atoms with Crippen molar-refractivity contribution in [1.29, 1.82) is 0 Å². The highest BCUT2D eigenvalue weighted by Gasteiger charge is 2.49. The zero-order chi connectivity index (χ0) is 48.1. The van der Waals surface area contributed by atoms with Crippen molar-refractivity contribution in [3.63, 3.8) is 0 Å². The minimum Gasteiger partial charge on any atom is -0.311 e. The molecule has 0 atom stereocenters. The van der Waals surface area contributed by atoms with E-state index < -0.39 is 0 Å². The molecule has 0 spiro atoms. The van der Waals surface area contributed by atoms with Crippen LogP contribution in [0.2, 0.25) is 0 Å². The highest BCUT2D eigenvalue weighted by atomic mass is 15.2. The summed E-state index contributed by atoms with van der Waals surface area (Å²) < 4.78 is 0. The first-order chi connectivity index (χ1) is 31.9. The number of nitrogens with zero attached hydrogens (tertiary/aromatic N) is 3. The summed E-state index contributed by atoms with van der Waals surface area (Å²) >= 11 is 0. The molecule has 344 valence electrons. The van der Waals surface area contributed by atoms with Gasteiger partial charge in [-0.1, -0.05) is 170 Å². The molecule has 2 aliphatic carbocycles. The third-order valence-corrected chi connectivity index (χ3v) is 16.3. The van der Waals surface area contributed by atoms with Gasteiger partial charge in [0.15, 0.2) is 0 Å². The molecule has 7 aromatic carbocycles. The van der Waals surface area contributed by atoms with Crippen LogP contribution in [0.3, 0.4) is 0 Å². The number of hydrogen-bond acceptors (Lipinski definition) is 3. The number of fused-ring (bicyclic) bond motifs is 6. The summed E-state index contributed by atoms with van der Waals surface area (Å²) in [6.45, 7) is 33.7. The fraction of sp³-hybridized carbons (Fsp3) is 0.344. The zero-order valence-electron chi connectivity index (χ0n) is 43.2. The summed E-state index contributed by atoms with van der Waals surface area (Å²) in [4.78, 5) is 7.78. The molecule has 68 heavy (non-hydrogen) atoms. The van der Waals surface area contributed by atoms with E-state index in [-0.39, 0.29) is 39.2 Å². The summed E-state index contributed by atoms with van der Waals surface area (Å²) in [5, 5.41) is 0. The second kappa shape index (κ2) is 14.8. The Kier molecular flexibility index (Phi) is 9.66. The van der Waals surface area contributed by atoms with Crippen molar-refractivity contribution in [2.75, 3.05) is 14.7 Å². The predicted molar refractivity (Wildman–Crippen MR) is 294 cm³/mol. The highest BCUT2D eigenvalue weighted by Crippen LogP contribution is 2.56. The van der Waals surface area contributed by atoms with Crippen LogP contribution in [0.25, 0.3) is 0 Å². The highest BCUT2D eigenvalue weighted by molar-refractivity contribution is 7.00. The van der Waals surface area contributed by atoms with E-state index in [0.29, 0.717) is 0 Å². The topological polar surface area (TPSA) is 9.72 Å². The molecular formula is C64H70BN3. The van der Waals surface area contributed by atoms with E-state index in [4.69, 9.17) is 0 Å². The lowest BCUT2D eigenvalue weighted by molar-refractivity contribution is 0.403. The van der Waals surface area contributed by atoms with Crippen LogP contribution in [0.5, 0.6) is 0 Å². The lowest BCUT2D eigenvalue weighted by Gasteiger charge is -2.46. The van der Waals surface area contributed by atoms with Gasteiger partial charge in [-0.05, 0) is 168 Å². The van der Waals surface area contributed by atoms with E-state index in [1.54, 1.807) is 0 Å². The van der Waals surface area contributed by atoms with E-state index in [9.17, 15) is 0 Å². The first-order valence-corrected chi connectivity index (χ1v) is 25.2. The van der Waals surface area contributed by atoms with Gasteiger partial charge >= 0.3 is 0 Å². The zero-order valence-corrected chi connectivity index (χ0v) is 43.2. The Hall–Kier alpha value is -6.00. The molecule has 2 aliphatic heterocycles. The van der Waals surface area contributed by atoms with Crippen molar-refractivity contribution < 1.29 is 0 Å². The van der Waals surface area contributed by atoms with Crippen LogP contribution >= 0.6 is 0 Å². The van der Waals surface area contributed by atoms with Gasteiger partial charge in [-0.15, -0.1) is 0 Å². The normalized spacial score (nSPS) is 17.8. The van der Waals surface area contributed by atoms with Crippen molar-refractivity contribution in [3.05, 3.63) is 179 Å². The van der Waals surface area contributed by atoms with Gasteiger partial charge in [0.05, 0.1) is 5.69 Å².